The Hall–Kier alpha value is -0.870. The molecule has 0 aliphatic rings. The maximum Gasteiger partial charge on any atom is 0.253 e. The predicted octanol–water partition coefficient (Wildman–Crippen LogP) is 2.21. The fourth-order valence-electron chi connectivity index (χ4n) is 1.52. The van der Waals surface area contributed by atoms with E-state index in [0.29, 0.717) is 12.1 Å². The highest BCUT2D eigenvalue weighted by molar-refractivity contribution is 9.10. The number of rotatable bonds is 3. The van der Waals surface area contributed by atoms with Gasteiger partial charge >= 0.3 is 0 Å². The van der Waals surface area contributed by atoms with Crippen molar-refractivity contribution in [3.63, 3.8) is 0 Å². The van der Waals surface area contributed by atoms with Gasteiger partial charge in [-0.15, -0.1) is 0 Å². The minimum atomic E-state index is -0.513. The Kier molecular flexibility index (Phi) is 4.50. The van der Waals surface area contributed by atoms with Crippen LogP contribution in [0.3, 0.4) is 0 Å². The van der Waals surface area contributed by atoms with Crippen LogP contribution >= 0.6 is 15.9 Å². The van der Waals surface area contributed by atoms with Crippen molar-refractivity contribution in [2.75, 3.05) is 13.6 Å². The van der Waals surface area contributed by atoms with Gasteiger partial charge in [-0.1, -0.05) is 22.0 Å². The van der Waals surface area contributed by atoms with Crippen LogP contribution in [0.2, 0.25) is 0 Å². The molecule has 0 fully saturated rings. The Bertz CT molecular complexity index is 391. The summed E-state index contributed by atoms with van der Waals surface area (Å²) in [7, 11) is 1.69. The summed E-state index contributed by atoms with van der Waals surface area (Å²) in [5, 5.41) is 9.24. The Morgan fingerprint density at radius 2 is 2.19 bits per heavy atom. The van der Waals surface area contributed by atoms with Crippen molar-refractivity contribution >= 4 is 21.8 Å². The van der Waals surface area contributed by atoms with Crippen LogP contribution in [0.5, 0.6) is 0 Å². The number of carbonyl (C=O) groups excluding carboxylic acids is 1. The molecule has 0 spiro atoms. The number of likely N-dealkylation sites (N-methyl/N-ethyl adjacent to an activating group) is 1. The minimum absolute atomic E-state index is 0.0697. The smallest absolute Gasteiger partial charge is 0.253 e. The maximum atomic E-state index is 12.0. The second-order valence-electron chi connectivity index (χ2n) is 3.95. The summed E-state index contributed by atoms with van der Waals surface area (Å²) in [6, 6.07) is 5.53. The van der Waals surface area contributed by atoms with Crippen molar-refractivity contribution in [1.82, 2.24) is 4.90 Å². The van der Waals surface area contributed by atoms with Crippen LogP contribution in [0, 0.1) is 6.92 Å². The second-order valence-corrected chi connectivity index (χ2v) is 4.80. The quantitative estimate of drug-likeness (QED) is 0.925. The van der Waals surface area contributed by atoms with Gasteiger partial charge in [-0.05, 0) is 31.5 Å². The van der Waals surface area contributed by atoms with E-state index in [2.05, 4.69) is 15.9 Å². The first-order chi connectivity index (χ1) is 7.43. The SMILES string of the molecule is Cc1c(Br)cccc1C(=O)N(C)CC(C)O. The lowest BCUT2D eigenvalue weighted by molar-refractivity contribution is 0.0703. The van der Waals surface area contributed by atoms with E-state index in [0.717, 1.165) is 10.0 Å². The Morgan fingerprint density at radius 3 is 2.75 bits per heavy atom. The summed E-state index contributed by atoms with van der Waals surface area (Å²) < 4.78 is 0.920. The summed E-state index contributed by atoms with van der Waals surface area (Å²) in [6.45, 7) is 3.90. The lowest BCUT2D eigenvalue weighted by Gasteiger charge is -2.20. The molecule has 0 aromatic heterocycles. The molecule has 0 saturated carbocycles. The predicted molar refractivity (Wildman–Crippen MR) is 67.5 cm³/mol. The van der Waals surface area contributed by atoms with Crippen LogP contribution in [0.4, 0.5) is 0 Å². The van der Waals surface area contributed by atoms with Gasteiger partial charge in [0, 0.05) is 23.6 Å². The molecule has 0 bridgehead atoms. The van der Waals surface area contributed by atoms with E-state index in [-0.39, 0.29) is 5.91 Å². The molecule has 1 atom stereocenters. The van der Waals surface area contributed by atoms with Crippen LogP contribution < -0.4 is 0 Å². The number of halogens is 1. The summed E-state index contributed by atoms with van der Waals surface area (Å²) in [5.41, 5.74) is 1.59. The zero-order valence-corrected chi connectivity index (χ0v) is 11.3. The second kappa shape index (κ2) is 5.46. The van der Waals surface area contributed by atoms with Gasteiger partial charge in [0.05, 0.1) is 6.10 Å². The molecular formula is C12H16BrNO2. The fraction of sp³-hybridized carbons (Fsp3) is 0.417. The molecule has 1 unspecified atom stereocenters. The number of hydrogen-bond donors (Lipinski definition) is 1. The number of aliphatic hydroxyl groups is 1. The standard InChI is InChI=1S/C12H16BrNO2/c1-8(15)7-14(3)12(16)10-5-4-6-11(13)9(10)2/h4-6,8,15H,7H2,1-3H3. The third kappa shape index (κ3) is 3.06. The first-order valence-corrected chi connectivity index (χ1v) is 5.91. The molecule has 3 nitrogen and oxygen atoms in total. The van der Waals surface area contributed by atoms with Crippen LogP contribution in [0.25, 0.3) is 0 Å². The fourth-order valence-corrected chi connectivity index (χ4v) is 1.89. The third-order valence-corrected chi connectivity index (χ3v) is 3.24. The Labute approximate surface area is 104 Å². The van der Waals surface area contributed by atoms with Crippen LogP contribution in [0.15, 0.2) is 22.7 Å². The van der Waals surface area contributed by atoms with E-state index >= 15 is 0 Å². The van der Waals surface area contributed by atoms with Gasteiger partial charge in [0.25, 0.3) is 5.91 Å². The summed E-state index contributed by atoms with van der Waals surface area (Å²) in [5.74, 6) is -0.0697. The molecule has 1 rings (SSSR count). The highest BCUT2D eigenvalue weighted by Crippen LogP contribution is 2.20. The largest absolute Gasteiger partial charge is 0.392 e. The van der Waals surface area contributed by atoms with Gasteiger partial charge in [0.1, 0.15) is 0 Å². The molecule has 0 saturated heterocycles. The zero-order chi connectivity index (χ0) is 12.3. The highest BCUT2D eigenvalue weighted by atomic mass is 79.9. The molecule has 0 aliphatic heterocycles. The molecule has 1 amide bonds. The van der Waals surface area contributed by atoms with Crippen molar-refractivity contribution in [1.29, 1.82) is 0 Å². The van der Waals surface area contributed by atoms with Crippen molar-refractivity contribution in [2.24, 2.45) is 0 Å². The van der Waals surface area contributed by atoms with Crippen LogP contribution in [-0.4, -0.2) is 35.6 Å². The summed E-state index contributed by atoms with van der Waals surface area (Å²) in [4.78, 5) is 13.6. The number of aliphatic hydroxyl groups excluding tert-OH is 1. The highest BCUT2D eigenvalue weighted by Gasteiger charge is 2.16. The molecule has 0 heterocycles. The van der Waals surface area contributed by atoms with Gasteiger partial charge in [-0.2, -0.15) is 0 Å². The van der Waals surface area contributed by atoms with Crippen molar-refractivity contribution in [3.05, 3.63) is 33.8 Å². The first-order valence-electron chi connectivity index (χ1n) is 5.12. The van der Waals surface area contributed by atoms with E-state index in [1.165, 1.54) is 4.90 Å². The summed E-state index contributed by atoms with van der Waals surface area (Å²) in [6.07, 6.45) is -0.513. The molecule has 0 aliphatic carbocycles. The maximum absolute atomic E-state index is 12.0. The number of amides is 1. The topological polar surface area (TPSA) is 40.5 Å². The lowest BCUT2D eigenvalue weighted by atomic mass is 10.1. The number of nitrogens with zero attached hydrogens (tertiary/aromatic N) is 1. The molecule has 1 N–H and O–H groups in total. The first kappa shape index (κ1) is 13.2. The number of benzene rings is 1. The molecule has 1 aromatic rings. The Morgan fingerprint density at radius 1 is 1.56 bits per heavy atom. The lowest BCUT2D eigenvalue weighted by Crippen LogP contribution is -2.33. The minimum Gasteiger partial charge on any atom is -0.392 e. The van der Waals surface area contributed by atoms with E-state index in [1.807, 2.05) is 19.1 Å². The van der Waals surface area contributed by atoms with Gasteiger partial charge in [0.2, 0.25) is 0 Å². The molecular weight excluding hydrogens is 270 g/mol. The van der Waals surface area contributed by atoms with Crippen molar-refractivity contribution in [3.8, 4) is 0 Å². The van der Waals surface area contributed by atoms with Gasteiger partial charge < -0.3 is 10.0 Å². The molecule has 4 heteroatoms. The van der Waals surface area contributed by atoms with E-state index in [9.17, 15) is 9.90 Å². The zero-order valence-electron chi connectivity index (χ0n) is 9.70. The molecule has 16 heavy (non-hydrogen) atoms. The molecule has 0 radical (unpaired) electrons. The Balaban J connectivity index is 2.92. The van der Waals surface area contributed by atoms with Crippen molar-refractivity contribution < 1.29 is 9.90 Å². The average molecular weight is 286 g/mol. The molecule has 1 aromatic carbocycles. The molecule has 88 valence electrons. The van der Waals surface area contributed by atoms with E-state index in [1.54, 1.807) is 20.0 Å². The number of carbonyl (C=O) groups is 1. The summed E-state index contributed by atoms with van der Waals surface area (Å²) >= 11 is 3.39. The average Bonchev–Trinajstić information content (AvgIpc) is 2.20. The van der Waals surface area contributed by atoms with Gasteiger partial charge in [-0.25, -0.2) is 0 Å². The van der Waals surface area contributed by atoms with Crippen LogP contribution in [0.1, 0.15) is 22.8 Å². The van der Waals surface area contributed by atoms with E-state index in [4.69, 9.17) is 0 Å². The number of hydrogen-bond acceptors (Lipinski definition) is 2. The van der Waals surface area contributed by atoms with Crippen molar-refractivity contribution in [2.45, 2.75) is 20.0 Å². The van der Waals surface area contributed by atoms with Crippen LogP contribution in [-0.2, 0) is 0 Å². The van der Waals surface area contributed by atoms with E-state index < -0.39 is 6.10 Å². The normalized spacial score (nSPS) is 12.3. The monoisotopic (exact) mass is 285 g/mol. The third-order valence-electron chi connectivity index (χ3n) is 2.38. The van der Waals surface area contributed by atoms with Gasteiger partial charge in [-0.3, -0.25) is 4.79 Å². The van der Waals surface area contributed by atoms with Gasteiger partial charge in [0.15, 0.2) is 0 Å².